The summed E-state index contributed by atoms with van der Waals surface area (Å²) in [5.74, 6) is 0.499. The summed E-state index contributed by atoms with van der Waals surface area (Å²) in [4.78, 5) is 0. The number of rotatable bonds is 3. The van der Waals surface area contributed by atoms with Gasteiger partial charge in [0.15, 0.2) is 0 Å². The van der Waals surface area contributed by atoms with Gasteiger partial charge in [-0.3, -0.25) is 0 Å². The van der Waals surface area contributed by atoms with E-state index in [1.54, 1.807) is 0 Å². The van der Waals surface area contributed by atoms with Crippen LogP contribution in [0.1, 0.15) is 22.6 Å². The van der Waals surface area contributed by atoms with E-state index in [0.29, 0.717) is 5.92 Å². The highest BCUT2D eigenvalue weighted by atomic mass is 35.5. The minimum absolute atomic E-state index is 0.168. The van der Waals surface area contributed by atoms with Crippen molar-refractivity contribution in [3.8, 4) is 0 Å². The minimum atomic E-state index is 0.168. The van der Waals surface area contributed by atoms with Crippen LogP contribution in [0.15, 0.2) is 48.5 Å². The molecule has 0 heterocycles. The maximum absolute atomic E-state index is 6.55. The zero-order valence-corrected chi connectivity index (χ0v) is 11.5. The summed E-state index contributed by atoms with van der Waals surface area (Å²) < 4.78 is 0. The van der Waals surface area contributed by atoms with Crippen molar-refractivity contribution in [3.63, 3.8) is 0 Å². The van der Waals surface area contributed by atoms with Crippen LogP contribution in [0.25, 0.3) is 0 Å². The fourth-order valence-corrected chi connectivity index (χ4v) is 3.14. The van der Waals surface area contributed by atoms with Crippen molar-refractivity contribution >= 4 is 23.2 Å². The van der Waals surface area contributed by atoms with E-state index in [2.05, 4.69) is 36.4 Å². The van der Waals surface area contributed by atoms with Gasteiger partial charge in [0.2, 0.25) is 0 Å². The topological polar surface area (TPSA) is 0 Å². The van der Waals surface area contributed by atoms with Crippen molar-refractivity contribution in [1.82, 2.24) is 0 Å². The summed E-state index contributed by atoms with van der Waals surface area (Å²) in [6, 6.07) is 16.5. The molecule has 2 aromatic carbocycles. The molecule has 2 aromatic rings. The molecule has 2 unspecified atom stereocenters. The minimum Gasteiger partial charge on any atom is -0.122 e. The summed E-state index contributed by atoms with van der Waals surface area (Å²) in [6.07, 6.45) is 2.01. The van der Waals surface area contributed by atoms with E-state index in [4.69, 9.17) is 23.2 Å². The van der Waals surface area contributed by atoms with Gasteiger partial charge in [0, 0.05) is 16.3 Å². The van der Waals surface area contributed by atoms with Crippen molar-refractivity contribution in [1.29, 1.82) is 0 Å². The predicted octanol–water partition coefficient (Wildman–Crippen LogP) is 4.83. The number of alkyl halides is 1. The molecule has 0 spiro atoms. The molecule has 0 amide bonds. The summed E-state index contributed by atoms with van der Waals surface area (Å²) in [6.45, 7) is 0. The standard InChI is InChI=1S/C16H14Cl2/c17-13-7-5-11(6-8-13)9-16(18)15-10-12-3-1-2-4-14(12)15/h1-8,15-16H,9-10H2. The van der Waals surface area contributed by atoms with Crippen LogP contribution < -0.4 is 0 Å². The summed E-state index contributed by atoms with van der Waals surface area (Å²) in [5.41, 5.74) is 4.12. The van der Waals surface area contributed by atoms with Crippen LogP contribution in [0.3, 0.4) is 0 Å². The molecule has 0 nitrogen and oxygen atoms in total. The zero-order valence-electron chi connectivity index (χ0n) is 9.94. The fourth-order valence-electron chi connectivity index (χ4n) is 2.61. The predicted molar refractivity (Wildman–Crippen MR) is 77.7 cm³/mol. The Labute approximate surface area is 118 Å². The van der Waals surface area contributed by atoms with E-state index in [-0.39, 0.29) is 5.38 Å². The molecule has 0 saturated heterocycles. The lowest BCUT2D eigenvalue weighted by Gasteiger charge is -2.33. The van der Waals surface area contributed by atoms with Crippen LogP contribution in [0.5, 0.6) is 0 Å². The molecule has 0 aromatic heterocycles. The van der Waals surface area contributed by atoms with Crippen molar-refractivity contribution in [3.05, 3.63) is 70.2 Å². The molecule has 0 bridgehead atoms. The maximum atomic E-state index is 6.55. The van der Waals surface area contributed by atoms with Gasteiger partial charge in [-0.15, -0.1) is 11.6 Å². The Hall–Kier alpha value is -0.980. The SMILES string of the molecule is Clc1ccc(CC(Cl)C2Cc3ccccc32)cc1. The average Bonchev–Trinajstić information content (AvgIpc) is 2.34. The molecule has 1 aliphatic rings. The quantitative estimate of drug-likeness (QED) is 0.705. The molecule has 3 rings (SSSR count). The third-order valence-corrected chi connectivity index (χ3v) is 4.39. The molecule has 0 saturated carbocycles. The average molecular weight is 277 g/mol. The van der Waals surface area contributed by atoms with E-state index < -0.39 is 0 Å². The number of fused-ring (bicyclic) bond motifs is 1. The molecule has 0 aliphatic heterocycles. The smallest absolute Gasteiger partial charge is 0.0448 e. The van der Waals surface area contributed by atoms with Crippen LogP contribution in [-0.4, -0.2) is 5.38 Å². The Morgan fingerprint density at radius 3 is 2.50 bits per heavy atom. The van der Waals surface area contributed by atoms with E-state index in [9.17, 15) is 0 Å². The lowest BCUT2D eigenvalue weighted by atomic mass is 9.74. The highest BCUT2D eigenvalue weighted by Gasteiger charge is 2.31. The highest BCUT2D eigenvalue weighted by Crippen LogP contribution is 2.40. The van der Waals surface area contributed by atoms with Gasteiger partial charge in [-0.25, -0.2) is 0 Å². The molecular formula is C16H14Cl2. The van der Waals surface area contributed by atoms with Gasteiger partial charge in [0.1, 0.15) is 0 Å². The lowest BCUT2D eigenvalue weighted by molar-refractivity contribution is 0.567. The monoisotopic (exact) mass is 276 g/mol. The second-order valence-corrected chi connectivity index (χ2v) is 5.85. The normalized spacial score (nSPS) is 18.9. The Balaban J connectivity index is 1.70. The van der Waals surface area contributed by atoms with E-state index in [1.807, 2.05) is 12.1 Å². The zero-order chi connectivity index (χ0) is 12.5. The van der Waals surface area contributed by atoms with Gasteiger partial charge in [-0.1, -0.05) is 48.0 Å². The van der Waals surface area contributed by atoms with Gasteiger partial charge in [-0.05, 0) is 41.7 Å². The Morgan fingerprint density at radius 2 is 1.78 bits per heavy atom. The van der Waals surface area contributed by atoms with Crippen molar-refractivity contribution in [2.45, 2.75) is 24.1 Å². The molecule has 0 fully saturated rings. The third kappa shape index (κ3) is 2.28. The van der Waals surface area contributed by atoms with Gasteiger partial charge in [0.25, 0.3) is 0 Å². The number of benzene rings is 2. The number of hydrogen-bond donors (Lipinski definition) is 0. The first-order chi connectivity index (χ1) is 8.74. The van der Waals surface area contributed by atoms with E-state index in [0.717, 1.165) is 17.9 Å². The van der Waals surface area contributed by atoms with E-state index in [1.165, 1.54) is 16.7 Å². The molecule has 18 heavy (non-hydrogen) atoms. The first kappa shape index (κ1) is 12.1. The molecule has 0 N–H and O–H groups in total. The lowest BCUT2D eigenvalue weighted by Crippen LogP contribution is -2.26. The second kappa shape index (κ2) is 4.95. The van der Waals surface area contributed by atoms with Gasteiger partial charge in [-0.2, -0.15) is 0 Å². The van der Waals surface area contributed by atoms with Gasteiger partial charge in [0.05, 0.1) is 0 Å². The summed E-state index contributed by atoms with van der Waals surface area (Å²) in [7, 11) is 0. The molecule has 2 atom stereocenters. The maximum Gasteiger partial charge on any atom is 0.0448 e. The van der Waals surface area contributed by atoms with Crippen molar-refractivity contribution < 1.29 is 0 Å². The van der Waals surface area contributed by atoms with Crippen LogP contribution in [0.4, 0.5) is 0 Å². The fraction of sp³-hybridized carbons (Fsp3) is 0.250. The summed E-state index contributed by atoms with van der Waals surface area (Å²) >= 11 is 12.4. The highest BCUT2D eigenvalue weighted by molar-refractivity contribution is 6.30. The Bertz CT molecular complexity index is 545. The molecule has 1 aliphatic carbocycles. The van der Waals surface area contributed by atoms with Crippen LogP contribution in [0, 0.1) is 0 Å². The number of hydrogen-bond acceptors (Lipinski definition) is 0. The first-order valence-corrected chi connectivity index (χ1v) is 7.02. The van der Waals surface area contributed by atoms with Gasteiger partial charge < -0.3 is 0 Å². The van der Waals surface area contributed by atoms with E-state index >= 15 is 0 Å². The van der Waals surface area contributed by atoms with Crippen LogP contribution >= 0.6 is 23.2 Å². The molecular weight excluding hydrogens is 263 g/mol. The van der Waals surface area contributed by atoms with Gasteiger partial charge >= 0.3 is 0 Å². The van der Waals surface area contributed by atoms with Crippen LogP contribution in [-0.2, 0) is 12.8 Å². The Kier molecular flexibility index (Phi) is 3.32. The largest absolute Gasteiger partial charge is 0.122 e. The summed E-state index contributed by atoms with van der Waals surface area (Å²) in [5, 5.41) is 0.944. The third-order valence-electron chi connectivity index (χ3n) is 3.67. The first-order valence-electron chi connectivity index (χ1n) is 6.20. The van der Waals surface area contributed by atoms with Crippen LogP contribution in [0.2, 0.25) is 5.02 Å². The number of halogens is 2. The Morgan fingerprint density at radius 1 is 1.06 bits per heavy atom. The molecule has 0 radical (unpaired) electrons. The van der Waals surface area contributed by atoms with Crippen molar-refractivity contribution in [2.75, 3.05) is 0 Å². The molecule has 2 heteroatoms. The van der Waals surface area contributed by atoms with Crippen molar-refractivity contribution in [2.24, 2.45) is 0 Å². The second-order valence-electron chi connectivity index (χ2n) is 4.86. The molecule has 92 valence electrons.